The smallest absolute Gasteiger partial charge is 0.237 e. The third-order valence-electron chi connectivity index (χ3n) is 5.52. The first kappa shape index (κ1) is 17.8. The summed E-state index contributed by atoms with van der Waals surface area (Å²) in [6.07, 6.45) is 0.272. The highest BCUT2D eigenvalue weighted by Gasteiger charge is 2.50. The molecule has 136 valence electrons. The Bertz CT molecular complexity index is 989. The van der Waals surface area contributed by atoms with Gasteiger partial charge in [-0.15, -0.1) is 0 Å². The van der Waals surface area contributed by atoms with Crippen LogP contribution >= 0.6 is 7.14 Å². The molecule has 0 radical (unpaired) electrons. The number of likely N-dealkylation sites (N-methyl/N-ethyl adjacent to an activating group) is 1. The van der Waals surface area contributed by atoms with Crippen LogP contribution in [0.2, 0.25) is 0 Å². The molecule has 0 saturated carbocycles. The van der Waals surface area contributed by atoms with Crippen molar-refractivity contribution in [2.75, 3.05) is 18.1 Å². The highest BCUT2D eigenvalue weighted by Crippen LogP contribution is 2.53. The molecule has 1 atom stereocenters. The highest BCUT2D eigenvalue weighted by atomic mass is 31.2. The fraction of sp³-hybridized carbons (Fsp3) is 0.174. The van der Waals surface area contributed by atoms with Crippen LogP contribution in [0.25, 0.3) is 0 Å². The van der Waals surface area contributed by atoms with Crippen molar-refractivity contribution in [2.45, 2.75) is 12.3 Å². The minimum Gasteiger partial charge on any atom is -0.314 e. The van der Waals surface area contributed by atoms with Crippen molar-refractivity contribution >= 4 is 29.3 Å². The first-order valence-electron chi connectivity index (χ1n) is 9.05. The number of rotatable bonds is 4. The van der Waals surface area contributed by atoms with E-state index in [0.29, 0.717) is 0 Å². The van der Waals surface area contributed by atoms with Gasteiger partial charge >= 0.3 is 0 Å². The van der Waals surface area contributed by atoms with E-state index in [-0.39, 0.29) is 12.1 Å². The van der Waals surface area contributed by atoms with E-state index in [2.05, 4.69) is 0 Å². The zero-order valence-electron chi connectivity index (χ0n) is 15.5. The van der Waals surface area contributed by atoms with Gasteiger partial charge in [0.05, 0.1) is 5.41 Å². The predicted molar refractivity (Wildman–Crippen MR) is 112 cm³/mol. The molecule has 0 saturated heterocycles. The molecule has 0 unspecified atom stereocenters. The maximum atomic E-state index is 14.5. The standard InChI is InChI=1S/C23H22NO2P/c1-23(20-15-9-10-16-21(20)24(2)22(23)25)17-27(26,18-11-5-3-6-12-18)19-13-7-4-8-14-19/h3-16H,17H2,1-2H3/t23-/m1/s1. The first-order chi connectivity index (χ1) is 13.0. The molecule has 0 bridgehead atoms. The number of nitrogens with zero attached hydrogens (tertiary/aromatic N) is 1. The van der Waals surface area contributed by atoms with E-state index >= 15 is 0 Å². The minimum absolute atomic E-state index is 0.00390. The van der Waals surface area contributed by atoms with Gasteiger partial charge in [-0.05, 0) is 18.6 Å². The third-order valence-corrected chi connectivity index (χ3v) is 8.86. The van der Waals surface area contributed by atoms with Crippen LogP contribution in [0.15, 0.2) is 84.9 Å². The second-order valence-electron chi connectivity index (χ2n) is 7.28. The SMILES string of the molecule is CN1C(=O)[C@](C)(CP(=O)(c2ccccc2)c2ccccc2)c2ccccc21. The van der Waals surface area contributed by atoms with Crippen molar-refractivity contribution in [3.63, 3.8) is 0 Å². The summed E-state index contributed by atoms with van der Waals surface area (Å²) in [4.78, 5) is 14.9. The molecule has 0 spiro atoms. The van der Waals surface area contributed by atoms with Crippen LogP contribution in [0.5, 0.6) is 0 Å². The number of benzene rings is 3. The van der Waals surface area contributed by atoms with E-state index in [4.69, 9.17) is 0 Å². The number of amides is 1. The Labute approximate surface area is 160 Å². The molecular weight excluding hydrogens is 353 g/mol. The summed E-state index contributed by atoms with van der Waals surface area (Å²) < 4.78 is 14.5. The van der Waals surface area contributed by atoms with Crippen molar-refractivity contribution in [2.24, 2.45) is 0 Å². The van der Waals surface area contributed by atoms with Crippen LogP contribution < -0.4 is 15.5 Å². The van der Waals surface area contributed by atoms with E-state index < -0.39 is 12.6 Å². The summed E-state index contributed by atoms with van der Waals surface area (Å²) in [5.74, 6) is -0.00390. The molecule has 0 N–H and O–H groups in total. The average molecular weight is 375 g/mol. The van der Waals surface area contributed by atoms with E-state index in [1.807, 2.05) is 91.9 Å². The van der Waals surface area contributed by atoms with E-state index in [0.717, 1.165) is 21.9 Å². The zero-order chi connectivity index (χ0) is 19.1. The molecule has 3 aromatic rings. The van der Waals surface area contributed by atoms with Crippen LogP contribution in [0.1, 0.15) is 12.5 Å². The lowest BCUT2D eigenvalue weighted by molar-refractivity contribution is -0.121. The molecule has 1 aliphatic rings. The minimum atomic E-state index is -3.01. The van der Waals surface area contributed by atoms with Gasteiger partial charge in [-0.3, -0.25) is 4.79 Å². The van der Waals surface area contributed by atoms with Crippen LogP contribution in [0.4, 0.5) is 5.69 Å². The number of para-hydroxylation sites is 1. The fourth-order valence-corrected chi connectivity index (χ4v) is 7.26. The van der Waals surface area contributed by atoms with E-state index in [1.165, 1.54) is 0 Å². The summed E-state index contributed by atoms with van der Waals surface area (Å²) in [7, 11) is -1.21. The Kier molecular flexibility index (Phi) is 4.28. The van der Waals surface area contributed by atoms with Crippen LogP contribution in [0, 0.1) is 0 Å². The molecule has 0 aromatic heterocycles. The van der Waals surface area contributed by atoms with Crippen molar-refractivity contribution in [3.8, 4) is 0 Å². The molecule has 0 fully saturated rings. The number of anilines is 1. The lowest BCUT2D eigenvalue weighted by Gasteiger charge is -2.29. The number of hydrogen-bond donors (Lipinski definition) is 0. The molecule has 1 amide bonds. The summed E-state index contributed by atoms with van der Waals surface area (Å²) in [6, 6.07) is 26.9. The van der Waals surface area contributed by atoms with Gasteiger partial charge in [-0.25, -0.2) is 0 Å². The number of hydrogen-bond acceptors (Lipinski definition) is 2. The zero-order valence-corrected chi connectivity index (χ0v) is 16.4. The van der Waals surface area contributed by atoms with Crippen molar-refractivity contribution in [1.82, 2.24) is 0 Å². The lowest BCUT2D eigenvalue weighted by atomic mass is 9.86. The molecule has 1 heterocycles. The molecule has 0 aliphatic carbocycles. The topological polar surface area (TPSA) is 37.4 Å². The van der Waals surface area contributed by atoms with Gasteiger partial charge in [0.25, 0.3) is 0 Å². The molecule has 4 heteroatoms. The number of fused-ring (bicyclic) bond motifs is 1. The molecule has 1 aliphatic heterocycles. The summed E-state index contributed by atoms with van der Waals surface area (Å²) >= 11 is 0. The Morgan fingerprint density at radius 3 is 1.85 bits per heavy atom. The lowest BCUT2D eigenvalue weighted by Crippen LogP contribution is -2.41. The largest absolute Gasteiger partial charge is 0.314 e. The molecule has 27 heavy (non-hydrogen) atoms. The summed E-state index contributed by atoms with van der Waals surface area (Å²) in [6.45, 7) is 1.93. The van der Waals surface area contributed by atoms with Crippen molar-refractivity contribution < 1.29 is 9.36 Å². The summed E-state index contributed by atoms with van der Waals surface area (Å²) in [5, 5.41) is 1.58. The van der Waals surface area contributed by atoms with Gasteiger partial charge in [0, 0.05) is 29.5 Å². The number of carbonyl (C=O) groups excluding carboxylic acids is 1. The Morgan fingerprint density at radius 1 is 0.815 bits per heavy atom. The second kappa shape index (κ2) is 6.51. The summed E-state index contributed by atoms with van der Waals surface area (Å²) in [5.41, 5.74) is 1.02. The van der Waals surface area contributed by atoms with Crippen LogP contribution in [-0.4, -0.2) is 19.1 Å². The third kappa shape index (κ3) is 2.74. The molecular formula is C23H22NO2P. The maximum Gasteiger partial charge on any atom is 0.237 e. The first-order valence-corrected chi connectivity index (χ1v) is 10.9. The van der Waals surface area contributed by atoms with Gasteiger partial charge in [-0.1, -0.05) is 78.9 Å². The Morgan fingerprint density at radius 2 is 1.30 bits per heavy atom. The molecule has 3 nitrogen and oxygen atoms in total. The van der Waals surface area contributed by atoms with Gasteiger partial charge < -0.3 is 9.46 Å². The number of carbonyl (C=O) groups is 1. The quantitative estimate of drug-likeness (QED) is 0.648. The monoisotopic (exact) mass is 375 g/mol. The van der Waals surface area contributed by atoms with Gasteiger partial charge in [0.1, 0.15) is 7.14 Å². The predicted octanol–water partition coefficient (Wildman–Crippen LogP) is 3.93. The molecule has 4 rings (SSSR count). The maximum absolute atomic E-state index is 14.5. The van der Waals surface area contributed by atoms with Crippen molar-refractivity contribution in [1.29, 1.82) is 0 Å². The van der Waals surface area contributed by atoms with Crippen LogP contribution in [-0.2, 0) is 14.8 Å². The second-order valence-corrected chi connectivity index (χ2v) is 10.1. The van der Waals surface area contributed by atoms with Gasteiger partial charge in [0.2, 0.25) is 5.91 Å². The Hall–Kier alpha value is -2.64. The normalized spacial score (nSPS) is 19.2. The fourth-order valence-electron chi connectivity index (χ4n) is 4.09. The van der Waals surface area contributed by atoms with E-state index in [9.17, 15) is 9.36 Å². The Balaban J connectivity index is 1.89. The molecule has 3 aromatic carbocycles. The average Bonchev–Trinajstić information content (AvgIpc) is 2.91. The van der Waals surface area contributed by atoms with E-state index in [1.54, 1.807) is 11.9 Å². The van der Waals surface area contributed by atoms with Crippen LogP contribution in [0.3, 0.4) is 0 Å². The van der Waals surface area contributed by atoms with Gasteiger partial charge in [0.15, 0.2) is 0 Å². The van der Waals surface area contributed by atoms with Crippen molar-refractivity contribution in [3.05, 3.63) is 90.5 Å². The van der Waals surface area contributed by atoms with Gasteiger partial charge in [-0.2, -0.15) is 0 Å². The highest BCUT2D eigenvalue weighted by molar-refractivity contribution is 7.78.